The third-order valence-corrected chi connectivity index (χ3v) is 4.12. The van der Waals surface area contributed by atoms with Gasteiger partial charge in [-0.25, -0.2) is 0 Å². The van der Waals surface area contributed by atoms with E-state index in [0.717, 1.165) is 12.8 Å². The Morgan fingerprint density at radius 1 is 1.15 bits per heavy atom. The Bertz CT molecular complexity index is 927. The smallest absolute Gasteiger partial charge is 0.251 e. The monoisotopic (exact) mass is 366 g/mol. The number of nitrogens with zero attached hydrogens (tertiary/aromatic N) is 2. The maximum atomic E-state index is 12.1. The van der Waals surface area contributed by atoms with Crippen molar-refractivity contribution in [3.63, 3.8) is 0 Å². The number of carbonyl (C=O) groups is 2. The minimum Gasteiger partial charge on any atom is -0.461 e. The summed E-state index contributed by atoms with van der Waals surface area (Å²) in [5, 5.41) is 9.53. The second kappa shape index (κ2) is 7.45. The van der Waals surface area contributed by atoms with Gasteiger partial charge in [0.15, 0.2) is 5.76 Å². The zero-order valence-corrected chi connectivity index (χ0v) is 14.5. The predicted molar refractivity (Wildman–Crippen MR) is 95.9 cm³/mol. The molecule has 0 bridgehead atoms. The van der Waals surface area contributed by atoms with E-state index >= 15 is 0 Å². The Morgan fingerprint density at radius 3 is 2.67 bits per heavy atom. The van der Waals surface area contributed by atoms with E-state index in [-0.39, 0.29) is 18.2 Å². The van der Waals surface area contributed by atoms with Crippen LogP contribution in [-0.4, -0.2) is 28.0 Å². The Kier molecular flexibility index (Phi) is 4.69. The maximum Gasteiger partial charge on any atom is 0.251 e. The molecule has 8 heteroatoms. The number of benzene rings is 1. The zero-order valence-electron chi connectivity index (χ0n) is 14.5. The third-order valence-electron chi connectivity index (χ3n) is 4.12. The first kappa shape index (κ1) is 17.0. The van der Waals surface area contributed by atoms with Crippen molar-refractivity contribution in [2.45, 2.75) is 31.7 Å². The van der Waals surface area contributed by atoms with E-state index in [9.17, 15) is 9.59 Å². The van der Waals surface area contributed by atoms with Crippen LogP contribution in [0, 0.1) is 0 Å². The molecule has 1 saturated carbocycles. The number of carbonyl (C=O) groups excluding carboxylic acids is 2. The summed E-state index contributed by atoms with van der Waals surface area (Å²) in [6.07, 6.45) is 4.14. The second-order valence-corrected chi connectivity index (χ2v) is 6.36. The minimum atomic E-state index is -0.178. The van der Waals surface area contributed by atoms with Crippen molar-refractivity contribution in [1.82, 2.24) is 15.5 Å². The molecule has 0 saturated heterocycles. The van der Waals surface area contributed by atoms with Gasteiger partial charge in [-0.05, 0) is 49.2 Å². The molecule has 27 heavy (non-hydrogen) atoms. The van der Waals surface area contributed by atoms with Gasteiger partial charge in [-0.1, -0.05) is 5.16 Å². The highest BCUT2D eigenvalue weighted by atomic mass is 16.5. The third kappa shape index (κ3) is 4.41. The molecule has 2 aromatic heterocycles. The molecule has 2 heterocycles. The van der Waals surface area contributed by atoms with Gasteiger partial charge in [0.2, 0.25) is 17.6 Å². The first-order chi connectivity index (χ1) is 13.2. The summed E-state index contributed by atoms with van der Waals surface area (Å²) in [7, 11) is 0. The maximum absolute atomic E-state index is 12.1. The number of nitrogens with one attached hydrogen (secondary N) is 2. The SMILES string of the molecule is O=C(CCc1nc(-c2ccco2)no1)Nc1ccc(C(=O)NC2CC2)cc1. The van der Waals surface area contributed by atoms with Crippen LogP contribution in [0.15, 0.2) is 51.6 Å². The fraction of sp³-hybridized carbons (Fsp3) is 0.263. The standard InChI is InChI=1S/C19H18N4O4/c24-16(9-10-17-22-18(23-27-17)15-2-1-11-26-15)20-13-5-3-12(4-6-13)19(25)21-14-7-8-14/h1-6,11,14H,7-10H2,(H,20,24)(H,21,25). The van der Waals surface area contributed by atoms with Crippen LogP contribution in [0.2, 0.25) is 0 Å². The van der Waals surface area contributed by atoms with Crippen LogP contribution >= 0.6 is 0 Å². The van der Waals surface area contributed by atoms with Gasteiger partial charge in [0, 0.05) is 30.1 Å². The van der Waals surface area contributed by atoms with Gasteiger partial charge in [0.1, 0.15) is 0 Å². The van der Waals surface area contributed by atoms with Gasteiger partial charge in [-0.3, -0.25) is 9.59 Å². The van der Waals surface area contributed by atoms with Crippen LogP contribution in [0.1, 0.15) is 35.5 Å². The summed E-state index contributed by atoms with van der Waals surface area (Å²) in [6.45, 7) is 0. The Balaban J connectivity index is 1.27. The number of rotatable bonds is 7. The van der Waals surface area contributed by atoms with Crippen molar-refractivity contribution in [1.29, 1.82) is 0 Å². The summed E-state index contributed by atoms with van der Waals surface area (Å²) >= 11 is 0. The topological polar surface area (TPSA) is 110 Å². The summed E-state index contributed by atoms with van der Waals surface area (Å²) in [4.78, 5) is 28.2. The van der Waals surface area contributed by atoms with E-state index in [4.69, 9.17) is 8.94 Å². The molecule has 2 amide bonds. The number of aromatic nitrogens is 2. The van der Waals surface area contributed by atoms with Crippen molar-refractivity contribution in [3.05, 3.63) is 54.1 Å². The largest absolute Gasteiger partial charge is 0.461 e. The van der Waals surface area contributed by atoms with Gasteiger partial charge in [-0.15, -0.1) is 0 Å². The lowest BCUT2D eigenvalue weighted by atomic mass is 10.2. The summed E-state index contributed by atoms with van der Waals surface area (Å²) < 4.78 is 10.3. The van der Waals surface area contributed by atoms with Crippen LogP contribution in [0.4, 0.5) is 5.69 Å². The minimum absolute atomic E-state index is 0.0841. The Morgan fingerprint density at radius 2 is 1.96 bits per heavy atom. The average Bonchev–Trinajstić information content (AvgIpc) is 3.13. The molecule has 0 aliphatic heterocycles. The lowest BCUT2D eigenvalue weighted by Gasteiger charge is -2.06. The molecule has 0 spiro atoms. The number of anilines is 1. The molecule has 1 aromatic carbocycles. The van der Waals surface area contributed by atoms with Crippen molar-refractivity contribution in [2.75, 3.05) is 5.32 Å². The quantitative estimate of drug-likeness (QED) is 0.665. The first-order valence-corrected chi connectivity index (χ1v) is 8.74. The van der Waals surface area contributed by atoms with E-state index in [1.165, 1.54) is 6.26 Å². The molecule has 0 radical (unpaired) electrons. The summed E-state index contributed by atoms with van der Waals surface area (Å²) in [5.74, 6) is 0.974. The molecule has 8 nitrogen and oxygen atoms in total. The van der Waals surface area contributed by atoms with Crippen LogP contribution in [0.25, 0.3) is 11.6 Å². The Labute approximate surface area is 154 Å². The van der Waals surface area contributed by atoms with Gasteiger partial charge in [-0.2, -0.15) is 4.98 Å². The van der Waals surface area contributed by atoms with Crippen LogP contribution in [0.3, 0.4) is 0 Å². The zero-order chi connectivity index (χ0) is 18.6. The van der Waals surface area contributed by atoms with E-state index in [1.807, 2.05) is 0 Å². The molecule has 138 valence electrons. The molecule has 1 fully saturated rings. The summed E-state index contributed by atoms with van der Waals surface area (Å²) in [6, 6.07) is 10.6. The number of amides is 2. The van der Waals surface area contributed by atoms with Crippen molar-refractivity contribution >= 4 is 17.5 Å². The van der Waals surface area contributed by atoms with Gasteiger partial charge < -0.3 is 19.6 Å². The molecule has 4 rings (SSSR count). The van der Waals surface area contributed by atoms with Gasteiger partial charge >= 0.3 is 0 Å². The number of hydrogen-bond acceptors (Lipinski definition) is 6. The highest BCUT2D eigenvalue weighted by Crippen LogP contribution is 2.20. The number of aryl methyl sites for hydroxylation is 1. The highest BCUT2D eigenvalue weighted by Gasteiger charge is 2.23. The predicted octanol–water partition coefficient (Wildman–Crippen LogP) is 2.79. The first-order valence-electron chi connectivity index (χ1n) is 8.74. The van der Waals surface area contributed by atoms with Crippen molar-refractivity contribution < 1.29 is 18.5 Å². The van der Waals surface area contributed by atoms with Gasteiger partial charge in [0.25, 0.3) is 5.91 Å². The van der Waals surface area contributed by atoms with Crippen molar-refractivity contribution in [2.24, 2.45) is 0 Å². The molecule has 1 aliphatic rings. The lowest BCUT2D eigenvalue weighted by Crippen LogP contribution is -2.25. The van der Waals surface area contributed by atoms with E-state index < -0.39 is 0 Å². The van der Waals surface area contributed by atoms with Crippen LogP contribution in [0.5, 0.6) is 0 Å². The molecule has 0 atom stereocenters. The molecular weight excluding hydrogens is 348 g/mol. The van der Waals surface area contributed by atoms with E-state index in [2.05, 4.69) is 20.8 Å². The molecular formula is C19H18N4O4. The highest BCUT2D eigenvalue weighted by molar-refractivity contribution is 5.96. The average molecular weight is 366 g/mol. The van der Waals surface area contributed by atoms with Crippen LogP contribution < -0.4 is 10.6 Å². The fourth-order valence-electron chi connectivity index (χ4n) is 2.51. The number of hydrogen-bond donors (Lipinski definition) is 2. The van der Waals surface area contributed by atoms with Gasteiger partial charge in [0.05, 0.1) is 6.26 Å². The summed E-state index contributed by atoms with van der Waals surface area (Å²) in [5.41, 5.74) is 1.21. The van der Waals surface area contributed by atoms with E-state index in [0.29, 0.717) is 41.2 Å². The molecule has 1 aliphatic carbocycles. The van der Waals surface area contributed by atoms with Crippen molar-refractivity contribution in [3.8, 4) is 11.6 Å². The lowest BCUT2D eigenvalue weighted by molar-refractivity contribution is -0.116. The fourth-order valence-corrected chi connectivity index (χ4v) is 2.51. The second-order valence-electron chi connectivity index (χ2n) is 6.36. The molecule has 0 unspecified atom stereocenters. The molecule has 2 N–H and O–H groups in total. The normalized spacial score (nSPS) is 13.3. The van der Waals surface area contributed by atoms with Crippen LogP contribution in [-0.2, 0) is 11.2 Å². The Hall–Kier alpha value is -3.42. The molecule has 3 aromatic rings. The number of furan rings is 1. The van der Waals surface area contributed by atoms with E-state index in [1.54, 1.807) is 36.4 Å².